The molecule has 1 unspecified atom stereocenters. The van der Waals surface area contributed by atoms with Crippen molar-refractivity contribution in [2.45, 2.75) is 38.1 Å². The largest absolute Gasteiger partial charge is 0.454 e. The van der Waals surface area contributed by atoms with Gasteiger partial charge in [-0.1, -0.05) is 12.1 Å². The highest BCUT2D eigenvalue weighted by molar-refractivity contribution is 5.98. The summed E-state index contributed by atoms with van der Waals surface area (Å²) >= 11 is 0. The highest BCUT2D eigenvalue weighted by atomic mass is 19.1. The third kappa shape index (κ3) is 5.01. The van der Waals surface area contributed by atoms with E-state index in [1.807, 2.05) is 0 Å². The number of fused-ring (bicyclic) bond motifs is 1. The molecular weight excluding hydrogens is 465 g/mol. The van der Waals surface area contributed by atoms with Crippen LogP contribution < -0.4 is 14.8 Å². The van der Waals surface area contributed by atoms with Crippen LogP contribution in [0.15, 0.2) is 42.5 Å². The van der Waals surface area contributed by atoms with Gasteiger partial charge in [-0.25, -0.2) is 4.39 Å². The molecule has 9 heteroatoms. The molecule has 5 rings (SSSR count). The van der Waals surface area contributed by atoms with Crippen molar-refractivity contribution >= 4 is 17.7 Å². The van der Waals surface area contributed by atoms with Gasteiger partial charge in [0.25, 0.3) is 11.8 Å². The summed E-state index contributed by atoms with van der Waals surface area (Å²) in [7, 11) is 0. The van der Waals surface area contributed by atoms with Crippen molar-refractivity contribution in [2.24, 2.45) is 5.92 Å². The monoisotopic (exact) mass is 495 g/mol. The smallest absolute Gasteiger partial charge is 0.254 e. The lowest BCUT2D eigenvalue weighted by Gasteiger charge is -2.38. The Morgan fingerprint density at radius 3 is 2.36 bits per heavy atom. The van der Waals surface area contributed by atoms with Gasteiger partial charge < -0.3 is 24.6 Å². The van der Waals surface area contributed by atoms with E-state index in [0.29, 0.717) is 56.1 Å². The van der Waals surface area contributed by atoms with Crippen LogP contribution in [-0.4, -0.2) is 66.5 Å². The van der Waals surface area contributed by atoms with Gasteiger partial charge in [0.15, 0.2) is 11.5 Å². The summed E-state index contributed by atoms with van der Waals surface area (Å²) in [5.41, 5.74) is 0.441. The predicted molar refractivity (Wildman–Crippen MR) is 129 cm³/mol. The van der Waals surface area contributed by atoms with Gasteiger partial charge in [0.2, 0.25) is 12.7 Å². The molecule has 36 heavy (non-hydrogen) atoms. The van der Waals surface area contributed by atoms with E-state index in [0.717, 1.165) is 19.3 Å². The minimum absolute atomic E-state index is 0.0793. The molecule has 0 aromatic heterocycles. The van der Waals surface area contributed by atoms with Crippen LogP contribution in [0.3, 0.4) is 0 Å². The maximum Gasteiger partial charge on any atom is 0.254 e. The zero-order chi connectivity index (χ0) is 25.1. The van der Waals surface area contributed by atoms with Crippen LogP contribution in [0.4, 0.5) is 4.39 Å². The number of carbonyl (C=O) groups is 3. The molecule has 8 nitrogen and oxygen atoms in total. The fraction of sp³-hybridized carbons (Fsp3) is 0.444. The molecule has 1 atom stereocenters. The Labute approximate surface area is 209 Å². The van der Waals surface area contributed by atoms with E-state index < -0.39 is 17.8 Å². The van der Waals surface area contributed by atoms with Crippen LogP contribution in [0, 0.1) is 11.7 Å². The number of halogens is 1. The van der Waals surface area contributed by atoms with Crippen molar-refractivity contribution in [3.63, 3.8) is 0 Å². The number of hydrogen-bond acceptors (Lipinski definition) is 5. The minimum atomic E-state index is -0.766. The molecule has 3 aliphatic rings. The molecule has 2 aromatic carbocycles. The molecule has 0 spiro atoms. The number of likely N-dealkylation sites (tertiary alicyclic amines) is 2. The molecule has 2 aromatic rings. The molecule has 2 saturated heterocycles. The minimum Gasteiger partial charge on any atom is -0.454 e. The molecular formula is C27H30FN3O5. The second-order valence-electron chi connectivity index (χ2n) is 9.51. The van der Waals surface area contributed by atoms with Gasteiger partial charge in [-0.2, -0.15) is 0 Å². The Morgan fingerprint density at radius 1 is 0.889 bits per heavy atom. The molecule has 3 heterocycles. The first-order chi connectivity index (χ1) is 17.5. The summed E-state index contributed by atoms with van der Waals surface area (Å²) in [5, 5.41) is 2.84. The molecule has 190 valence electrons. The first kappa shape index (κ1) is 24.1. The number of benzene rings is 2. The molecule has 0 aliphatic carbocycles. The van der Waals surface area contributed by atoms with Gasteiger partial charge in [-0.05, 0) is 68.4 Å². The second kappa shape index (κ2) is 10.6. The Morgan fingerprint density at radius 2 is 1.61 bits per heavy atom. The molecule has 0 radical (unpaired) electrons. The van der Waals surface area contributed by atoms with Gasteiger partial charge in [0.1, 0.15) is 11.9 Å². The van der Waals surface area contributed by atoms with E-state index in [1.165, 1.54) is 18.2 Å². The van der Waals surface area contributed by atoms with Crippen molar-refractivity contribution in [3.05, 3.63) is 59.4 Å². The lowest BCUT2D eigenvalue weighted by atomic mass is 9.87. The molecule has 3 aliphatic heterocycles. The number of carbonyl (C=O) groups excluding carboxylic acids is 3. The van der Waals surface area contributed by atoms with Gasteiger partial charge in [-0.3, -0.25) is 14.4 Å². The number of rotatable bonds is 5. The SMILES string of the molecule is O=C(NC(C(=O)N1CCCCC1)C1CCN(C(=O)c2ccc3c(c2)OCO3)CC1)c1ccccc1F. The number of hydrogen-bond donors (Lipinski definition) is 1. The fourth-order valence-electron chi connectivity index (χ4n) is 5.20. The third-order valence-electron chi connectivity index (χ3n) is 7.26. The quantitative estimate of drug-likeness (QED) is 0.688. The number of amides is 3. The van der Waals surface area contributed by atoms with E-state index in [1.54, 1.807) is 34.1 Å². The van der Waals surface area contributed by atoms with Gasteiger partial charge >= 0.3 is 0 Å². The summed E-state index contributed by atoms with van der Waals surface area (Å²) in [5.74, 6) is -0.434. The molecule has 2 fully saturated rings. The van der Waals surface area contributed by atoms with Crippen molar-refractivity contribution in [1.29, 1.82) is 0 Å². The van der Waals surface area contributed by atoms with Gasteiger partial charge in [0.05, 0.1) is 5.56 Å². The van der Waals surface area contributed by atoms with Crippen LogP contribution in [0.2, 0.25) is 0 Å². The highest BCUT2D eigenvalue weighted by Crippen LogP contribution is 2.33. The van der Waals surface area contributed by atoms with E-state index >= 15 is 0 Å². The van der Waals surface area contributed by atoms with Crippen LogP contribution in [0.25, 0.3) is 0 Å². The van der Waals surface area contributed by atoms with Crippen molar-refractivity contribution in [3.8, 4) is 11.5 Å². The zero-order valence-electron chi connectivity index (χ0n) is 20.1. The molecule has 3 amide bonds. The summed E-state index contributed by atoms with van der Waals surface area (Å²) < 4.78 is 25.0. The average Bonchev–Trinajstić information content (AvgIpc) is 3.40. The normalized spacial score (nSPS) is 18.6. The first-order valence-electron chi connectivity index (χ1n) is 12.5. The Hall–Kier alpha value is -3.62. The maximum atomic E-state index is 14.3. The second-order valence-corrected chi connectivity index (χ2v) is 9.51. The van der Waals surface area contributed by atoms with Crippen molar-refractivity contribution in [2.75, 3.05) is 33.0 Å². The third-order valence-corrected chi connectivity index (χ3v) is 7.26. The van der Waals surface area contributed by atoms with Gasteiger partial charge in [-0.15, -0.1) is 0 Å². The summed E-state index contributed by atoms with van der Waals surface area (Å²) in [4.78, 5) is 43.1. The first-order valence-corrected chi connectivity index (χ1v) is 12.5. The maximum absolute atomic E-state index is 14.3. The average molecular weight is 496 g/mol. The van der Waals surface area contributed by atoms with Crippen molar-refractivity contribution in [1.82, 2.24) is 15.1 Å². The summed E-state index contributed by atoms with van der Waals surface area (Å²) in [6.45, 7) is 2.37. The predicted octanol–water partition coefficient (Wildman–Crippen LogP) is 3.22. The van der Waals surface area contributed by atoms with Gasteiger partial charge in [0, 0.05) is 31.7 Å². The molecule has 0 saturated carbocycles. The van der Waals surface area contributed by atoms with Crippen LogP contribution in [0.5, 0.6) is 11.5 Å². The standard InChI is InChI=1S/C27H30FN3O5/c28-21-7-3-2-6-20(21)25(32)29-24(27(34)30-12-4-1-5-13-30)18-10-14-31(15-11-18)26(33)19-8-9-22-23(16-19)36-17-35-22/h2-3,6-9,16,18,24H,1,4-5,10-15,17H2,(H,29,32). The van der Waals surface area contributed by atoms with E-state index in [-0.39, 0.29) is 30.1 Å². The van der Waals surface area contributed by atoms with E-state index in [2.05, 4.69) is 5.32 Å². The van der Waals surface area contributed by atoms with Crippen molar-refractivity contribution < 1.29 is 28.2 Å². The number of ether oxygens (including phenoxy) is 2. The Balaban J connectivity index is 1.28. The number of piperidine rings is 2. The highest BCUT2D eigenvalue weighted by Gasteiger charge is 2.37. The fourth-order valence-corrected chi connectivity index (χ4v) is 5.20. The number of nitrogens with zero attached hydrogens (tertiary/aromatic N) is 2. The lowest BCUT2D eigenvalue weighted by molar-refractivity contribution is -0.136. The lowest BCUT2D eigenvalue weighted by Crippen LogP contribution is -2.55. The molecule has 0 bridgehead atoms. The number of nitrogens with one attached hydrogen (secondary N) is 1. The zero-order valence-corrected chi connectivity index (χ0v) is 20.1. The summed E-state index contributed by atoms with van der Waals surface area (Å²) in [6.07, 6.45) is 4.05. The van der Waals surface area contributed by atoms with Crippen LogP contribution in [0.1, 0.15) is 52.8 Å². The van der Waals surface area contributed by atoms with E-state index in [9.17, 15) is 18.8 Å². The Bertz CT molecular complexity index is 1140. The molecule has 1 N–H and O–H groups in total. The van der Waals surface area contributed by atoms with Crippen LogP contribution in [-0.2, 0) is 4.79 Å². The van der Waals surface area contributed by atoms with Crippen LogP contribution >= 0.6 is 0 Å². The topological polar surface area (TPSA) is 88.2 Å². The Kier molecular flexibility index (Phi) is 7.06. The van der Waals surface area contributed by atoms with E-state index in [4.69, 9.17) is 9.47 Å². The summed E-state index contributed by atoms with van der Waals surface area (Å²) in [6, 6.07) is 10.1.